The Hall–Kier alpha value is -1.81. The molecular formula is C15H14BrNO2. The number of phenols is 1. The van der Waals surface area contributed by atoms with E-state index >= 15 is 0 Å². The van der Waals surface area contributed by atoms with Crippen molar-refractivity contribution in [3.05, 3.63) is 57.6 Å². The first-order valence-corrected chi connectivity index (χ1v) is 6.64. The summed E-state index contributed by atoms with van der Waals surface area (Å²) in [7, 11) is 0. The van der Waals surface area contributed by atoms with Crippen molar-refractivity contribution >= 4 is 27.5 Å². The largest absolute Gasteiger partial charge is 0.508 e. The molecule has 2 N–H and O–H groups in total. The maximum Gasteiger partial charge on any atom is 0.256 e. The summed E-state index contributed by atoms with van der Waals surface area (Å²) >= 11 is 3.42. The third-order valence-corrected chi connectivity index (χ3v) is 3.94. The van der Waals surface area contributed by atoms with Gasteiger partial charge in [0, 0.05) is 10.2 Å². The Kier molecular flexibility index (Phi) is 3.90. The summed E-state index contributed by atoms with van der Waals surface area (Å²) in [5.41, 5.74) is 2.98. The van der Waals surface area contributed by atoms with Crippen LogP contribution in [0.2, 0.25) is 0 Å². The number of hydrogen-bond acceptors (Lipinski definition) is 2. The van der Waals surface area contributed by atoms with Gasteiger partial charge < -0.3 is 10.4 Å². The molecule has 98 valence electrons. The molecule has 0 aromatic heterocycles. The summed E-state index contributed by atoms with van der Waals surface area (Å²) in [6.07, 6.45) is 0. The normalized spacial score (nSPS) is 10.3. The molecule has 2 aromatic rings. The zero-order valence-corrected chi connectivity index (χ0v) is 12.3. The number of anilines is 1. The fourth-order valence-electron chi connectivity index (χ4n) is 1.75. The Balaban J connectivity index is 2.26. The van der Waals surface area contributed by atoms with Crippen LogP contribution >= 0.6 is 15.9 Å². The molecule has 0 unspecified atom stereocenters. The number of nitrogens with one attached hydrogen (secondary N) is 1. The fourth-order valence-corrected chi connectivity index (χ4v) is 2.20. The molecule has 4 heteroatoms. The van der Waals surface area contributed by atoms with E-state index in [1.54, 1.807) is 31.2 Å². The van der Waals surface area contributed by atoms with Crippen LogP contribution in [-0.4, -0.2) is 11.0 Å². The van der Waals surface area contributed by atoms with Gasteiger partial charge in [-0.2, -0.15) is 0 Å². The fraction of sp³-hybridized carbons (Fsp3) is 0.133. The van der Waals surface area contributed by atoms with Gasteiger partial charge in [-0.25, -0.2) is 0 Å². The quantitative estimate of drug-likeness (QED) is 0.821. The lowest BCUT2D eigenvalue weighted by Gasteiger charge is -2.09. The van der Waals surface area contributed by atoms with E-state index in [-0.39, 0.29) is 11.7 Å². The second-order valence-corrected chi connectivity index (χ2v) is 5.18. The van der Waals surface area contributed by atoms with Gasteiger partial charge in [0.25, 0.3) is 5.91 Å². The first-order valence-electron chi connectivity index (χ1n) is 5.85. The number of hydrogen-bond donors (Lipinski definition) is 2. The molecule has 19 heavy (non-hydrogen) atoms. The summed E-state index contributed by atoms with van der Waals surface area (Å²) in [6, 6.07) is 10.5. The number of phenolic OH excluding ortho intramolecular Hbond substituents is 1. The molecule has 3 nitrogen and oxygen atoms in total. The Morgan fingerprint density at radius 1 is 1.16 bits per heavy atom. The highest BCUT2D eigenvalue weighted by Crippen LogP contribution is 2.24. The Morgan fingerprint density at radius 2 is 1.89 bits per heavy atom. The Morgan fingerprint density at radius 3 is 2.58 bits per heavy atom. The lowest BCUT2D eigenvalue weighted by Crippen LogP contribution is -2.13. The van der Waals surface area contributed by atoms with Crippen LogP contribution in [0, 0.1) is 13.8 Å². The summed E-state index contributed by atoms with van der Waals surface area (Å²) < 4.78 is 0.794. The van der Waals surface area contributed by atoms with E-state index in [9.17, 15) is 9.90 Å². The summed E-state index contributed by atoms with van der Waals surface area (Å²) in [6.45, 7) is 3.72. The Labute approximate surface area is 120 Å². The number of carbonyl (C=O) groups is 1. The van der Waals surface area contributed by atoms with Crippen LogP contribution in [0.3, 0.4) is 0 Å². The van der Waals surface area contributed by atoms with Gasteiger partial charge in [0.2, 0.25) is 0 Å². The molecule has 2 aromatic carbocycles. The van der Waals surface area contributed by atoms with E-state index in [1.807, 2.05) is 19.1 Å². The van der Waals surface area contributed by atoms with Crippen molar-refractivity contribution in [3.63, 3.8) is 0 Å². The lowest BCUT2D eigenvalue weighted by molar-refractivity contribution is 0.102. The number of benzene rings is 2. The summed E-state index contributed by atoms with van der Waals surface area (Å²) in [5.74, 6) is 0.0374. The summed E-state index contributed by atoms with van der Waals surface area (Å²) in [4.78, 5) is 12.2. The molecule has 0 aliphatic heterocycles. The highest BCUT2D eigenvalue weighted by molar-refractivity contribution is 9.10. The lowest BCUT2D eigenvalue weighted by atomic mass is 10.1. The van der Waals surface area contributed by atoms with Crippen molar-refractivity contribution in [2.24, 2.45) is 0 Å². The standard InChI is InChI=1S/C15H14BrNO2/c1-9-4-3-5-12(14(9)16)15(19)17-11-6-7-13(18)10(2)8-11/h3-8,18H,1-2H3,(H,17,19). The third-order valence-electron chi connectivity index (χ3n) is 2.89. The van der Waals surface area contributed by atoms with Crippen LogP contribution in [0.5, 0.6) is 5.75 Å². The smallest absolute Gasteiger partial charge is 0.256 e. The molecule has 0 spiro atoms. The molecule has 0 aliphatic rings. The SMILES string of the molecule is Cc1cc(NC(=O)c2cccc(C)c2Br)ccc1O. The number of halogens is 1. The zero-order valence-electron chi connectivity index (χ0n) is 10.7. The predicted octanol–water partition coefficient (Wildman–Crippen LogP) is 4.02. The predicted molar refractivity (Wildman–Crippen MR) is 79.7 cm³/mol. The van der Waals surface area contributed by atoms with E-state index in [0.29, 0.717) is 11.3 Å². The van der Waals surface area contributed by atoms with Crippen molar-refractivity contribution in [2.75, 3.05) is 5.32 Å². The van der Waals surface area contributed by atoms with Crippen LogP contribution in [0.25, 0.3) is 0 Å². The topological polar surface area (TPSA) is 49.3 Å². The van der Waals surface area contributed by atoms with E-state index in [0.717, 1.165) is 15.6 Å². The Bertz CT molecular complexity index is 638. The molecule has 0 aliphatic carbocycles. The van der Waals surface area contributed by atoms with Gasteiger partial charge in [0.1, 0.15) is 5.75 Å². The molecule has 2 rings (SSSR count). The van der Waals surface area contributed by atoms with Crippen molar-refractivity contribution in [1.29, 1.82) is 0 Å². The first kappa shape index (κ1) is 13.6. The highest BCUT2D eigenvalue weighted by Gasteiger charge is 2.11. The monoisotopic (exact) mass is 319 g/mol. The number of rotatable bonds is 2. The third kappa shape index (κ3) is 2.96. The number of amides is 1. The maximum absolute atomic E-state index is 12.2. The van der Waals surface area contributed by atoms with Crippen molar-refractivity contribution in [3.8, 4) is 5.75 Å². The van der Waals surface area contributed by atoms with Gasteiger partial charge in [-0.15, -0.1) is 0 Å². The molecule has 0 atom stereocenters. The van der Waals surface area contributed by atoms with Crippen LogP contribution in [0.4, 0.5) is 5.69 Å². The van der Waals surface area contributed by atoms with Gasteiger partial charge in [0.05, 0.1) is 5.56 Å². The van der Waals surface area contributed by atoms with Crippen LogP contribution < -0.4 is 5.32 Å². The second-order valence-electron chi connectivity index (χ2n) is 4.39. The van der Waals surface area contributed by atoms with Crippen LogP contribution in [0.15, 0.2) is 40.9 Å². The van der Waals surface area contributed by atoms with Gasteiger partial charge in [0.15, 0.2) is 0 Å². The molecule has 0 saturated heterocycles. The van der Waals surface area contributed by atoms with Crippen molar-refractivity contribution < 1.29 is 9.90 Å². The maximum atomic E-state index is 12.2. The highest BCUT2D eigenvalue weighted by atomic mass is 79.9. The van der Waals surface area contributed by atoms with Crippen LogP contribution in [0.1, 0.15) is 21.5 Å². The molecule has 0 saturated carbocycles. The molecular weight excluding hydrogens is 306 g/mol. The van der Waals surface area contributed by atoms with E-state index in [1.165, 1.54) is 0 Å². The summed E-state index contributed by atoms with van der Waals surface area (Å²) in [5, 5.41) is 12.3. The molecule has 1 amide bonds. The van der Waals surface area contributed by atoms with Crippen molar-refractivity contribution in [1.82, 2.24) is 0 Å². The number of aromatic hydroxyl groups is 1. The minimum atomic E-state index is -0.180. The molecule has 0 heterocycles. The average Bonchev–Trinajstić information content (AvgIpc) is 2.37. The number of carbonyl (C=O) groups excluding carboxylic acids is 1. The van der Waals surface area contributed by atoms with E-state index < -0.39 is 0 Å². The zero-order chi connectivity index (χ0) is 14.0. The molecule has 0 radical (unpaired) electrons. The van der Waals surface area contributed by atoms with Crippen molar-refractivity contribution in [2.45, 2.75) is 13.8 Å². The van der Waals surface area contributed by atoms with Gasteiger partial charge >= 0.3 is 0 Å². The van der Waals surface area contributed by atoms with E-state index in [4.69, 9.17) is 0 Å². The van der Waals surface area contributed by atoms with Gasteiger partial charge in [-0.3, -0.25) is 4.79 Å². The number of aryl methyl sites for hydroxylation is 2. The minimum Gasteiger partial charge on any atom is -0.508 e. The van der Waals surface area contributed by atoms with Gasteiger partial charge in [-0.05, 0) is 65.2 Å². The molecule has 0 bridgehead atoms. The van der Waals surface area contributed by atoms with Gasteiger partial charge in [-0.1, -0.05) is 12.1 Å². The van der Waals surface area contributed by atoms with E-state index in [2.05, 4.69) is 21.2 Å². The minimum absolute atomic E-state index is 0.180. The second kappa shape index (κ2) is 5.45. The average molecular weight is 320 g/mol. The first-order chi connectivity index (χ1) is 8.99. The van der Waals surface area contributed by atoms with Crippen LogP contribution in [-0.2, 0) is 0 Å². The molecule has 0 fully saturated rings.